The van der Waals surface area contributed by atoms with Crippen LogP contribution in [0.5, 0.6) is 0 Å². The van der Waals surface area contributed by atoms with Crippen molar-refractivity contribution in [3.8, 4) is 0 Å². The van der Waals surface area contributed by atoms with Crippen LogP contribution in [0.15, 0.2) is 0 Å². The predicted molar refractivity (Wildman–Crippen MR) is 41.8 cm³/mol. The summed E-state index contributed by atoms with van der Waals surface area (Å²) in [4.78, 5) is 0. The molecule has 1 rings (SSSR count). The maximum absolute atomic E-state index is 8.89. The summed E-state index contributed by atoms with van der Waals surface area (Å²) in [6, 6.07) is 0.344. The van der Waals surface area contributed by atoms with E-state index in [2.05, 4.69) is 19.2 Å². The second kappa shape index (κ2) is 3.35. The molecule has 0 bridgehead atoms. The third-order valence-electron chi connectivity index (χ3n) is 2.39. The number of aliphatic hydroxyl groups excluding tert-OH is 1. The van der Waals surface area contributed by atoms with Gasteiger partial charge in [-0.05, 0) is 24.8 Å². The van der Waals surface area contributed by atoms with Crippen molar-refractivity contribution >= 4 is 0 Å². The number of piperidine rings is 1. The lowest BCUT2D eigenvalue weighted by molar-refractivity contribution is 0.157. The average molecular weight is 143 g/mol. The molecule has 1 fully saturated rings. The van der Waals surface area contributed by atoms with Crippen molar-refractivity contribution in [2.75, 3.05) is 13.2 Å². The van der Waals surface area contributed by atoms with Crippen LogP contribution in [0, 0.1) is 11.8 Å². The lowest BCUT2D eigenvalue weighted by atomic mass is 9.87. The lowest BCUT2D eigenvalue weighted by Gasteiger charge is -2.32. The molecule has 2 nitrogen and oxygen atoms in total. The Kier molecular flexibility index (Phi) is 2.69. The zero-order valence-electron chi connectivity index (χ0n) is 6.80. The number of hydrogen-bond acceptors (Lipinski definition) is 2. The monoisotopic (exact) mass is 143 g/mol. The van der Waals surface area contributed by atoms with Crippen LogP contribution < -0.4 is 5.32 Å². The van der Waals surface area contributed by atoms with E-state index in [0.717, 1.165) is 12.5 Å². The molecule has 0 aromatic carbocycles. The van der Waals surface area contributed by atoms with Gasteiger partial charge in [0, 0.05) is 6.04 Å². The minimum absolute atomic E-state index is 0.286. The Balaban J connectivity index is 2.36. The molecule has 1 heterocycles. The van der Waals surface area contributed by atoms with Crippen molar-refractivity contribution in [1.82, 2.24) is 5.32 Å². The van der Waals surface area contributed by atoms with E-state index >= 15 is 0 Å². The van der Waals surface area contributed by atoms with E-state index in [1.165, 1.54) is 6.42 Å². The smallest absolute Gasteiger partial charge is 0.0587 e. The first-order chi connectivity index (χ1) is 4.74. The molecule has 0 radical (unpaired) electrons. The first kappa shape index (κ1) is 8.02. The van der Waals surface area contributed by atoms with Gasteiger partial charge in [-0.3, -0.25) is 0 Å². The lowest BCUT2D eigenvalue weighted by Crippen LogP contribution is -2.45. The molecule has 60 valence electrons. The standard InChI is InChI=1S/C8H17NO/c1-6-3-7(2)8(5-10)9-4-6/h6-10H,3-5H2,1-2H3/t6-,7-,8-/m1/s1. The molecule has 1 aliphatic rings. The Bertz CT molecular complexity index is 105. The molecule has 1 saturated heterocycles. The van der Waals surface area contributed by atoms with Gasteiger partial charge in [0.05, 0.1) is 6.61 Å². The number of nitrogens with one attached hydrogen (secondary N) is 1. The van der Waals surface area contributed by atoms with Crippen LogP contribution in [0.2, 0.25) is 0 Å². The summed E-state index contributed by atoms with van der Waals surface area (Å²) in [7, 11) is 0. The van der Waals surface area contributed by atoms with Crippen LogP contribution in [0.3, 0.4) is 0 Å². The predicted octanol–water partition coefficient (Wildman–Crippen LogP) is 0.613. The van der Waals surface area contributed by atoms with Crippen LogP contribution in [0.1, 0.15) is 20.3 Å². The Morgan fingerprint density at radius 3 is 2.70 bits per heavy atom. The van der Waals surface area contributed by atoms with Crippen molar-refractivity contribution < 1.29 is 5.11 Å². The van der Waals surface area contributed by atoms with Gasteiger partial charge in [-0.25, -0.2) is 0 Å². The van der Waals surface area contributed by atoms with Crippen molar-refractivity contribution in [3.05, 3.63) is 0 Å². The van der Waals surface area contributed by atoms with Crippen LogP contribution in [0.4, 0.5) is 0 Å². The topological polar surface area (TPSA) is 32.3 Å². The molecule has 0 amide bonds. The molecule has 0 aromatic heterocycles. The molecule has 2 N–H and O–H groups in total. The maximum atomic E-state index is 8.89. The van der Waals surface area contributed by atoms with Gasteiger partial charge in [0.1, 0.15) is 0 Å². The van der Waals surface area contributed by atoms with Gasteiger partial charge in [-0.2, -0.15) is 0 Å². The van der Waals surface area contributed by atoms with E-state index in [-0.39, 0.29) is 6.61 Å². The van der Waals surface area contributed by atoms with Crippen LogP contribution in [-0.2, 0) is 0 Å². The van der Waals surface area contributed by atoms with Gasteiger partial charge in [-0.1, -0.05) is 13.8 Å². The quantitative estimate of drug-likeness (QED) is 0.564. The van der Waals surface area contributed by atoms with Gasteiger partial charge >= 0.3 is 0 Å². The van der Waals surface area contributed by atoms with Crippen molar-refractivity contribution in [1.29, 1.82) is 0 Å². The van der Waals surface area contributed by atoms with E-state index < -0.39 is 0 Å². The summed E-state index contributed by atoms with van der Waals surface area (Å²) < 4.78 is 0. The Morgan fingerprint density at radius 2 is 2.20 bits per heavy atom. The van der Waals surface area contributed by atoms with Crippen molar-refractivity contribution in [2.45, 2.75) is 26.3 Å². The number of rotatable bonds is 1. The molecule has 0 spiro atoms. The highest BCUT2D eigenvalue weighted by Crippen LogP contribution is 2.19. The molecule has 0 saturated carbocycles. The molecular formula is C8H17NO. The van der Waals surface area contributed by atoms with E-state index in [4.69, 9.17) is 5.11 Å². The average Bonchev–Trinajstić information content (AvgIpc) is 1.88. The fourth-order valence-electron chi connectivity index (χ4n) is 1.68. The number of aliphatic hydroxyl groups is 1. The summed E-state index contributed by atoms with van der Waals surface area (Å²) in [6.45, 7) is 5.80. The van der Waals surface area contributed by atoms with Gasteiger partial charge in [0.25, 0.3) is 0 Å². The minimum Gasteiger partial charge on any atom is -0.395 e. The van der Waals surface area contributed by atoms with Gasteiger partial charge in [-0.15, -0.1) is 0 Å². The van der Waals surface area contributed by atoms with Crippen molar-refractivity contribution in [3.63, 3.8) is 0 Å². The second-order valence-corrected chi connectivity index (χ2v) is 3.52. The van der Waals surface area contributed by atoms with Crippen LogP contribution in [0.25, 0.3) is 0 Å². The second-order valence-electron chi connectivity index (χ2n) is 3.52. The molecule has 2 heteroatoms. The van der Waals surface area contributed by atoms with Crippen LogP contribution >= 0.6 is 0 Å². The summed E-state index contributed by atoms with van der Waals surface area (Å²) in [6.07, 6.45) is 1.25. The summed E-state index contributed by atoms with van der Waals surface area (Å²) in [5, 5.41) is 12.2. The largest absolute Gasteiger partial charge is 0.395 e. The molecular weight excluding hydrogens is 126 g/mol. The van der Waals surface area contributed by atoms with Gasteiger partial charge in [0.2, 0.25) is 0 Å². The minimum atomic E-state index is 0.286. The third-order valence-corrected chi connectivity index (χ3v) is 2.39. The molecule has 3 atom stereocenters. The zero-order chi connectivity index (χ0) is 7.56. The molecule has 1 aliphatic heterocycles. The Labute approximate surface area is 62.6 Å². The van der Waals surface area contributed by atoms with E-state index in [1.807, 2.05) is 0 Å². The molecule has 0 unspecified atom stereocenters. The Hall–Kier alpha value is -0.0800. The van der Waals surface area contributed by atoms with E-state index in [9.17, 15) is 0 Å². The first-order valence-corrected chi connectivity index (χ1v) is 4.08. The fourth-order valence-corrected chi connectivity index (χ4v) is 1.68. The molecule has 0 aromatic rings. The molecule has 10 heavy (non-hydrogen) atoms. The van der Waals surface area contributed by atoms with E-state index in [0.29, 0.717) is 12.0 Å². The Morgan fingerprint density at radius 1 is 1.50 bits per heavy atom. The summed E-state index contributed by atoms with van der Waals surface area (Å²) in [5.74, 6) is 1.41. The highest BCUT2D eigenvalue weighted by molar-refractivity contribution is 4.80. The first-order valence-electron chi connectivity index (χ1n) is 4.08. The fraction of sp³-hybridized carbons (Fsp3) is 1.00. The SMILES string of the molecule is C[C@H]1CN[C@H](CO)[C@H](C)C1. The highest BCUT2D eigenvalue weighted by Gasteiger charge is 2.23. The normalized spacial score (nSPS) is 41.7. The third kappa shape index (κ3) is 1.70. The van der Waals surface area contributed by atoms with Crippen molar-refractivity contribution in [2.24, 2.45) is 11.8 Å². The number of hydrogen-bond donors (Lipinski definition) is 2. The van der Waals surface area contributed by atoms with E-state index in [1.54, 1.807) is 0 Å². The highest BCUT2D eigenvalue weighted by atomic mass is 16.3. The van der Waals surface area contributed by atoms with Gasteiger partial charge < -0.3 is 10.4 Å². The zero-order valence-corrected chi connectivity index (χ0v) is 6.80. The molecule has 0 aliphatic carbocycles. The maximum Gasteiger partial charge on any atom is 0.0587 e. The summed E-state index contributed by atoms with van der Waals surface area (Å²) in [5.41, 5.74) is 0. The summed E-state index contributed by atoms with van der Waals surface area (Å²) >= 11 is 0. The van der Waals surface area contributed by atoms with Gasteiger partial charge in [0.15, 0.2) is 0 Å². The van der Waals surface area contributed by atoms with Crippen LogP contribution in [-0.4, -0.2) is 24.3 Å².